The number of hydrogen-bond donors (Lipinski definition) is 5. The first kappa shape index (κ1) is 32.9. The maximum atomic E-state index is 11.1. The number of anilines is 1. The molecule has 2 aromatic heterocycles. The third kappa shape index (κ3) is 8.23. The van der Waals surface area contributed by atoms with Crippen LogP contribution in [-0.4, -0.2) is 44.1 Å². The Kier molecular flexibility index (Phi) is 11.5. The van der Waals surface area contributed by atoms with Crippen LogP contribution in [0.15, 0.2) is 54.9 Å². The number of rotatable bonds is 12. The summed E-state index contributed by atoms with van der Waals surface area (Å²) in [5.74, 6) is 8.03. The van der Waals surface area contributed by atoms with Crippen LogP contribution in [0.5, 0.6) is 11.5 Å². The summed E-state index contributed by atoms with van der Waals surface area (Å²) in [6.07, 6.45) is 14.3. The van der Waals surface area contributed by atoms with E-state index >= 15 is 0 Å². The van der Waals surface area contributed by atoms with Gasteiger partial charge in [-0.15, -0.1) is 5.92 Å². The van der Waals surface area contributed by atoms with E-state index in [0.717, 1.165) is 56.1 Å². The summed E-state index contributed by atoms with van der Waals surface area (Å²) in [6.45, 7) is 2.60. The summed E-state index contributed by atoms with van der Waals surface area (Å²) < 4.78 is 6.27. The standard InChI is InChI=1S/C38H51N3O4/c1-2-27-9-3-4-12-32(42)30(11-7-10-27)33(43)16-14-28-15-17-34(44)35(25-28)45-24-19-31(29-18-23-41-37(39)26-29)38(20-5-6-21-38)36-13-8-22-40-36/h8,13,15,17-18,22-23,25-27,30-33,40,42-44H,2-6,9,11-12,14,16,19-21,24H2,1H3,(H2,39,41). The normalized spacial score (nSPS) is 23.0. The lowest BCUT2D eigenvalue weighted by Crippen LogP contribution is -2.32. The fraction of sp³-hybridized carbons (Fsp3) is 0.553. The number of nitrogens with two attached hydrogens (primary N) is 1. The van der Waals surface area contributed by atoms with E-state index in [4.69, 9.17) is 10.5 Å². The summed E-state index contributed by atoms with van der Waals surface area (Å²) >= 11 is 0. The van der Waals surface area contributed by atoms with Crippen LogP contribution in [-0.2, 0) is 11.8 Å². The van der Waals surface area contributed by atoms with Crippen LogP contribution in [0.1, 0.15) is 107 Å². The Labute approximate surface area is 268 Å². The van der Waals surface area contributed by atoms with Crippen molar-refractivity contribution in [1.82, 2.24) is 9.97 Å². The number of aliphatic hydroxyl groups is 2. The Hall–Kier alpha value is -3.47. The van der Waals surface area contributed by atoms with Crippen LogP contribution in [0.3, 0.4) is 0 Å². The minimum absolute atomic E-state index is 0.0394. The predicted molar refractivity (Wildman–Crippen MR) is 179 cm³/mol. The zero-order chi connectivity index (χ0) is 31.6. The van der Waals surface area contributed by atoms with Crippen molar-refractivity contribution in [3.63, 3.8) is 0 Å². The topological polar surface area (TPSA) is 125 Å². The van der Waals surface area contributed by atoms with Crippen molar-refractivity contribution in [2.45, 2.75) is 114 Å². The number of aliphatic hydroxyl groups excluding tert-OH is 2. The number of benzene rings is 1. The Morgan fingerprint density at radius 2 is 1.91 bits per heavy atom. The lowest BCUT2D eigenvalue weighted by atomic mass is 9.67. The Bertz CT molecular complexity index is 1410. The molecule has 2 heterocycles. The van der Waals surface area contributed by atoms with Gasteiger partial charge in [0.1, 0.15) is 5.82 Å². The van der Waals surface area contributed by atoms with Gasteiger partial charge in [-0.05, 0) is 105 Å². The second-order valence-electron chi connectivity index (χ2n) is 13.2. The van der Waals surface area contributed by atoms with Gasteiger partial charge in [-0.2, -0.15) is 0 Å². The third-order valence-corrected chi connectivity index (χ3v) is 10.3. The number of hydrogen-bond acceptors (Lipinski definition) is 6. The van der Waals surface area contributed by atoms with E-state index in [0.29, 0.717) is 49.8 Å². The van der Waals surface area contributed by atoms with Crippen molar-refractivity contribution in [3.8, 4) is 23.3 Å². The molecule has 0 radical (unpaired) electrons. The molecule has 2 aliphatic rings. The molecule has 2 aliphatic carbocycles. The van der Waals surface area contributed by atoms with Gasteiger partial charge in [-0.3, -0.25) is 0 Å². The molecule has 45 heavy (non-hydrogen) atoms. The average Bonchev–Trinajstić information content (AvgIpc) is 3.76. The minimum Gasteiger partial charge on any atom is -0.504 e. The maximum Gasteiger partial charge on any atom is 0.161 e. The molecule has 242 valence electrons. The lowest BCUT2D eigenvalue weighted by molar-refractivity contribution is 0.00559. The van der Waals surface area contributed by atoms with Gasteiger partial charge in [-0.25, -0.2) is 4.98 Å². The number of phenolic OH excluding ortho intramolecular Hbond substituents is 1. The van der Waals surface area contributed by atoms with Gasteiger partial charge in [0.25, 0.3) is 0 Å². The molecule has 1 aromatic carbocycles. The van der Waals surface area contributed by atoms with E-state index in [1.165, 1.54) is 18.5 Å². The molecular weight excluding hydrogens is 562 g/mol. The number of aromatic hydroxyl groups is 1. The van der Waals surface area contributed by atoms with E-state index < -0.39 is 12.2 Å². The molecule has 0 bridgehead atoms. The summed E-state index contributed by atoms with van der Waals surface area (Å²) in [6, 6.07) is 13.8. The van der Waals surface area contributed by atoms with Crippen LogP contribution in [0.2, 0.25) is 0 Å². The fourth-order valence-corrected chi connectivity index (χ4v) is 7.73. The summed E-state index contributed by atoms with van der Waals surface area (Å²) in [5, 5.41) is 32.7. The Balaban J connectivity index is 1.25. The summed E-state index contributed by atoms with van der Waals surface area (Å²) in [4.78, 5) is 7.74. The summed E-state index contributed by atoms with van der Waals surface area (Å²) in [7, 11) is 0. The molecule has 6 N–H and O–H groups in total. The number of ether oxygens (including phenoxy) is 1. The number of aromatic nitrogens is 2. The number of phenols is 1. The number of aromatic amines is 1. The molecule has 7 nitrogen and oxygen atoms in total. The molecule has 5 atom stereocenters. The highest BCUT2D eigenvalue weighted by Gasteiger charge is 2.44. The quantitative estimate of drug-likeness (QED) is 0.140. The van der Waals surface area contributed by atoms with E-state index in [1.54, 1.807) is 12.3 Å². The molecular formula is C38H51N3O4. The number of H-pyrrole nitrogens is 1. The summed E-state index contributed by atoms with van der Waals surface area (Å²) in [5.41, 5.74) is 9.48. The number of nitrogen functional groups attached to an aromatic ring is 1. The average molecular weight is 614 g/mol. The molecule has 0 aliphatic heterocycles. The highest BCUT2D eigenvalue weighted by molar-refractivity contribution is 5.42. The molecule has 1 saturated carbocycles. The van der Waals surface area contributed by atoms with Gasteiger partial charge in [-0.1, -0.05) is 44.6 Å². The Morgan fingerprint density at radius 3 is 2.67 bits per heavy atom. The van der Waals surface area contributed by atoms with Crippen molar-refractivity contribution < 1.29 is 20.1 Å². The molecule has 7 heteroatoms. The number of pyridine rings is 1. The van der Waals surface area contributed by atoms with E-state index in [2.05, 4.69) is 46.9 Å². The maximum absolute atomic E-state index is 11.1. The third-order valence-electron chi connectivity index (χ3n) is 10.3. The van der Waals surface area contributed by atoms with Crippen LogP contribution in [0.25, 0.3) is 0 Å². The van der Waals surface area contributed by atoms with Crippen LogP contribution in [0, 0.1) is 23.7 Å². The van der Waals surface area contributed by atoms with Gasteiger partial charge < -0.3 is 30.8 Å². The van der Waals surface area contributed by atoms with Crippen molar-refractivity contribution in [1.29, 1.82) is 0 Å². The van der Waals surface area contributed by atoms with Crippen molar-refractivity contribution in [3.05, 3.63) is 71.7 Å². The first-order valence-corrected chi connectivity index (χ1v) is 17.0. The van der Waals surface area contributed by atoms with E-state index in [-0.39, 0.29) is 23.0 Å². The van der Waals surface area contributed by atoms with E-state index in [9.17, 15) is 15.3 Å². The van der Waals surface area contributed by atoms with Crippen molar-refractivity contribution in [2.75, 3.05) is 12.3 Å². The van der Waals surface area contributed by atoms with Gasteiger partial charge in [0.2, 0.25) is 0 Å². The smallest absolute Gasteiger partial charge is 0.161 e. The molecule has 0 spiro atoms. The second kappa shape index (κ2) is 15.7. The zero-order valence-electron chi connectivity index (χ0n) is 26.8. The van der Waals surface area contributed by atoms with Gasteiger partial charge >= 0.3 is 0 Å². The van der Waals surface area contributed by atoms with Gasteiger partial charge in [0.05, 0.1) is 18.8 Å². The fourth-order valence-electron chi connectivity index (χ4n) is 7.73. The lowest BCUT2D eigenvalue weighted by Gasteiger charge is -2.38. The first-order chi connectivity index (χ1) is 21.9. The highest BCUT2D eigenvalue weighted by Crippen LogP contribution is 2.52. The van der Waals surface area contributed by atoms with Crippen LogP contribution in [0.4, 0.5) is 5.82 Å². The van der Waals surface area contributed by atoms with E-state index in [1.807, 2.05) is 24.4 Å². The second-order valence-corrected chi connectivity index (χ2v) is 13.2. The molecule has 0 amide bonds. The molecule has 1 fully saturated rings. The first-order valence-electron chi connectivity index (χ1n) is 17.0. The zero-order valence-corrected chi connectivity index (χ0v) is 26.8. The largest absolute Gasteiger partial charge is 0.504 e. The molecule has 3 aromatic rings. The Morgan fingerprint density at radius 1 is 1.09 bits per heavy atom. The molecule has 5 rings (SSSR count). The molecule has 5 unspecified atom stereocenters. The van der Waals surface area contributed by atoms with Crippen LogP contribution >= 0.6 is 0 Å². The van der Waals surface area contributed by atoms with Gasteiger partial charge in [0, 0.05) is 41.8 Å². The number of nitrogens with one attached hydrogen (secondary N) is 1. The predicted octanol–water partition coefficient (Wildman–Crippen LogP) is 7.03. The van der Waals surface area contributed by atoms with Crippen molar-refractivity contribution >= 4 is 5.82 Å². The number of nitrogens with zero attached hydrogens (tertiary/aromatic N) is 1. The SMILES string of the molecule is CCC1C#CCC(C(O)CCc2ccc(O)c(OCCC(c3ccnc(N)c3)C3(c4ccc[nH]4)CCCC3)c2)C(O)CCCC1. The highest BCUT2D eigenvalue weighted by atomic mass is 16.5. The van der Waals surface area contributed by atoms with Crippen molar-refractivity contribution in [2.24, 2.45) is 11.8 Å². The monoisotopic (exact) mass is 613 g/mol. The minimum atomic E-state index is -0.656. The van der Waals surface area contributed by atoms with Crippen LogP contribution < -0.4 is 10.5 Å². The van der Waals surface area contributed by atoms with Gasteiger partial charge in [0.15, 0.2) is 11.5 Å². The molecule has 0 saturated heterocycles. The number of aryl methyl sites for hydroxylation is 1.